The van der Waals surface area contributed by atoms with Gasteiger partial charge in [0, 0.05) is 17.1 Å². The van der Waals surface area contributed by atoms with Crippen molar-refractivity contribution in [1.82, 2.24) is 9.97 Å². The maximum absolute atomic E-state index is 14.0. The number of aromatic nitrogens is 2. The lowest BCUT2D eigenvalue weighted by Gasteiger charge is -2.35. The summed E-state index contributed by atoms with van der Waals surface area (Å²) in [4.78, 5) is 19.1. The molecule has 0 aliphatic carbocycles. The number of aryl methyl sites for hydroxylation is 1. The van der Waals surface area contributed by atoms with Crippen LogP contribution < -0.4 is 9.47 Å². The third-order valence-corrected chi connectivity index (χ3v) is 5.89. The first-order valence-electron chi connectivity index (χ1n) is 10.8. The van der Waals surface area contributed by atoms with Crippen LogP contribution in [0.15, 0.2) is 54.9 Å². The number of rotatable bonds is 9. The zero-order chi connectivity index (χ0) is 26.5. The van der Waals surface area contributed by atoms with Gasteiger partial charge in [0.15, 0.2) is 0 Å². The van der Waals surface area contributed by atoms with Gasteiger partial charge in [0.25, 0.3) is 0 Å². The molecule has 0 amide bonds. The summed E-state index contributed by atoms with van der Waals surface area (Å²) in [5, 5.41) is 10.8. The maximum Gasteiger partial charge on any atom is 0.423 e. The molecular weight excluding hydrogens is 501 g/mol. The third-order valence-electron chi connectivity index (χ3n) is 5.56. The van der Waals surface area contributed by atoms with Gasteiger partial charge in [0.05, 0.1) is 24.6 Å². The summed E-state index contributed by atoms with van der Waals surface area (Å²) in [6, 6.07) is 10.5. The van der Waals surface area contributed by atoms with E-state index in [-0.39, 0.29) is 23.8 Å². The first-order valence-corrected chi connectivity index (χ1v) is 11.2. The molecule has 3 aromatic rings. The summed E-state index contributed by atoms with van der Waals surface area (Å²) in [5.74, 6) is -1.13. The summed E-state index contributed by atoms with van der Waals surface area (Å²) in [6.45, 7) is 3.08. The molecule has 1 aromatic heterocycles. The van der Waals surface area contributed by atoms with Crippen LogP contribution in [0.4, 0.5) is 13.2 Å². The smallest absolute Gasteiger partial charge is 0.423 e. The predicted octanol–water partition coefficient (Wildman–Crippen LogP) is 5.24. The number of benzene rings is 2. The fourth-order valence-electron chi connectivity index (χ4n) is 3.50. The first kappa shape index (κ1) is 27.2. The maximum atomic E-state index is 14.0. The van der Waals surface area contributed by atoms with Crippen LogP contribution in [0.5, 0.6) is 11.5 Å². The van der Waals surface area contributed by atoms with E-state index in [0.29, 0.717) is 22.8 Å². The third kappa shape index (κ3) is 5.88. The van der Waals surface area contributed by atoms with Crippen molar-refractivity contribution in [2.45, 2.75) is 31.5 Å². The Kier molecular flexibility index (Phi) is 8.42. The van der Waals surface area contributed by atoms with Crippen molar-refractivity contribution < 1.29 is 37.3 Å². The van der Waals surface area contributed by atoms with Crippen LogP contribution in [0.25, 0.3) is 0 Å². The van der Waals surface area contributed by atoms with E-state index in [0.717, 1.165) is 12.4 Å². The normalized spacial score (nSPS) is 14.0. The number of halogens is 4. The molecule has 11 heteroatoms. The molecule has 0 aliphatic rings. The molecule has 192 valence electrons. The second kappa shape index (κ2) is 11.1. The second-order valence-corrected chi connectivity index (χ2v) is 8.33. The van der Waals surface area contributed by atoms with Crippen molar-refractivity contribution in [1.29, 1.82) is 0 Å². The number of hydrogen-bond donors (Lipinski definition) is 1. The van der Waals surface area contributed by atoms with Crippen LogP contribution in [0.3, 0.4) is 0 Å². The average Bonchev–Trinajstić information content (AvgIpc) is 2.85. The largest absolute Gasteiger partial charge is 0.490 e. The van der Waals surface area contributed by atoms with E-state index in [1.807, 2.05) is 0 Å². The van der Waals surface area contributed by atoms with Gasteiger partial charge in [-0.1, -0.05) is 24.6 Å². The van der Waals surface area contributed by atoms with Gasteiger partial charge < -0.3 is 19.3 Å². The zero-order valence-electron chi connectivity index (χ0n) is 19.7. The molecule has 0 bridgehead atoms. The summed E-state index contributed by atoms with van der Waals surface area (Å²) in [5.41, 5.74) is -3.07. The Hall–Kier alpha value is -3.37. The van der Waals surface area contributed by atoms with Gasteiger partial charge in [-0.25, -0.2) is 4.79 Å². The number of ether oxygens (including phenoxy) is 3. The van der Waals surface area contributed by atoms with Crippen molar-refractivity contribution in [2.75, 3.05) is 20.3 Å². The second-order valence-electron chi connectivity index (χ2n) is 7.93. The molecule has 1 heterocycles. The Labute approximate surface area is 210 Å². The molecule has 0 saturated carbocycles. The lowest BCUT2D eigenvalue weighted by molar-refractivity contribution is -0.276. The molecule has 2 unspecified atom stereocenters. The van der Waals surface area contributed by atoms with E-state index in [4.69, 9.17) is 21.1 Å². The Bertz CT molecular complexity index is 1190. The molecular formula is C25H24ClF3N2O5. The summed E-state index contributed by atoms with van der Waals surface area (Å²) < 4.78 is 57.9. The van der Waals surface area contributed by atoms with Gasteiger partial charge in [0.2, 0.25) is 5.60 Å². The van der Waals surface area contributed by atoms with Crippen LogP contribution in [0.1, 0.15) is 40.2 Å². The molecule has 0 spiro atoms. The van der Waals surface area contributed by atoms with E-state index >= 15 is 0 Å². The summed E-state index contributed by atoms with van der Waals surface area (Å²) >= 11 is 6.29. The van der Waals surface area contributed by atoms with Crippen LogP contribution in [0.2, 0.25) is 5.02 Å². The number of methoxy groups -OCH3 is 1. The van der Waals surface area contributed by atoms with E-state index < -0.39 is 29.4 Å². The first-order chi connectivity index (χ1) is 17.0. The highest BCUT2D eigenvalue weighted by atomic mass is 35.5. The average molecular weight is 525 g/mol. The van der Waals surface area contributed by atoms with Gasteiger partial charge in [0.1, 0.15) is 30.4 Å². The summed E-state index contributed by atoms with van der Waals surface area (Å²) in [7, 11) is 1.29. The minimum atomic E-state index is -5.04. The molecule has 1 N–H and O–H groups in total. The molecule has 0 aliphatic heterocycles. The number of hydrogen-bond acceptors (Lipinski definition) is 7. The standard InChI is InChI=1S/C25H24ClF3N2O5/c1-15-13-31-22(14-30-15)24(33,25(27,28)29)16(2)20-9-8-19(12-21(20)26)36-11-10-35-18-6-4-17(5-7-18)23(32)34-3/h4-9,12-14,16,33H,10-11H2,1-3H3. The fourth-order valence-corrected chi connectivity index (χ4v) is 3.83. The number of nitrogens with zero attached hydrogens (tertiary/aromatic N) is 2. The predicted molar refractivity (Wildman–Crippen MR) is 125 cm³/mol. The number of aliphatic hydroxyl groups is 1. The molecule has 36 heavy (non-hydrogen) atoms. The van der Waals surface area contributed by atoms with E-state index in [1.165, 1.54) is 32.2 Å². The van der Waals surface area contributed by atoms with Gasteiger partial charge in [-0.3, -0.25) is 9.97 Å². The van der Waals surface area contributed by atoms with Crippen molar-refractivity contribution in [3.63, 3.8) is 0 Å². The Morgan fingerprint density at radius 2 is 1.64 bits per heavy atom. The SMILES string of the molecule is COC(=O)c1ccc(OCCOc2ccc(C(C)C(O)(c3cnc(C)cn3)C(F)(F)F)c(Cl)c2)cc1. The lowest BCUT2D eigenvalue weighted by atomic mass is 9.80. The minimum Gasteiger partial charge on any atom is -0.490 e. The molecule has 0 fully saturated rings. The monoisotopic (exact) mass is 524 g/mol. The highest BCUT2D eigenvalue weighted by molar-refractivity contribution is 6.31. The summed E-state index contributed by atoms with van der Waals surface area (Å²) in [6.07, 6.45) is -2.97. The number of esters is 1. The van der Waals surface area contributed by atoms with Gasteiger partial charge in [-0.05, 0) is 48.9 Å². The highest BCUT2D eigenvalue weighted by Gasteiger charge is 2.60. The Morgan fingerprint density at radius 3 is 2.17 bits per heavy atom. The highest BCUT2D eigenvalue weighted by Crippen LogP contribution is 2.49. The van der Waals surface area contributed by atoms with Crippen molar-refractivity contribution in [3.8, 4) is 11.5 Å². The minimum absolute atomic E-state index is 0.0120. The van der Waals surface area contributed by atoms with Crippen LogP contribution in [0, 0.1) is 6.92 Å². The lowest BCUT2D eigenvalue weighted by Crippen LogP contribution is -2.47. The zero-order valence-corrected chi connectivity index (χ0v) is 20.4. The van der Waals surface area contributed by atoms with E-state index in [2.05, 4.69) is 14.7 Å². The Balaban J connectivity index is 1.67. The number of carbonyl (C=O) groups excluding carboxylic acids is 1. The molecule has 3 rings (SSSR count). The van der Waals surface area contributed by atoms with Crippen LogP contribution >= 0.6 is 11.6 Å². The molecule has 7 nitrogen and oxygen atoms in total. The number of carbonyl (C=O) groups is 1. The Morgan fingerprint density at radius 1 is 1.03 bits per heavy atom. The van der Waals surface area contributed by atoms with E-state index in [9.17, 15) is 23.1 Å². The number of alkyl halides is 3. The van der Waals surface area contributed by atoms with Crippen molar-refractivity contribution >= 4 is 17.6 Å². The van der Waals surface area contributed by atoms with Crippen LogP contribution in [-0.2, 0) is 10.3 Å². The van der Waals surface area contributed by atoms with Gasteiger partial charge >= 0.3 is 12.1 Å². The van der Waals surface area contributed by atoms with Crippen LogP contribution in [-0.4, -0.2) is 47.5 Å². The molecule has 0 saturated heterocycles. The van der Waals surface area contributed by atoms with E-state index in [1.54, 1.807) is 31.2 Å². The van der Waals surface area contributed by atoms with Crippen molar-refractivity contribution in [3.05, 3.63) is 82.4 Å². The molecule has 2 aromatic carbocycles. The van der Waals surface area contributed by atoms with Gasteiger partial charge in [-0.15, -0.1) is 0 Å². The van der Waals surface area contributed by atoms with Crippen molar-refractivity contribution in [2.24, 2.45) is 0 Å². The van der Waals surface area contributed by atoms with Gasteiger partial charge in [-0.2, -0.15) is 13.2 Å². The molecule has 2 atom stereocenters. The fraction of sp³-hybridized carbons (Fsp3) is 0.320. The molecule has 0 radical (unpaired) electrons. The quantitative estimate of drug-likeness (QED) is 0.302. The topological polar surface area (TPSA) is 90.8 Å².